The van der Waals surface area contributed by atoms with Crippen molar-refractivity contribution >= 4 is 17.7 Å². The minimum absolute atomic E-state index is 0.0321. The molecule has 1 heterocycles. The number of nitrogens with one attached hydrogen (secondary N) is 2. The fourth-order valence-corrected chi connectivity index (χ4v) is 2.50. The molecule has 0 spiro atoms. The quantitative estimate of drug-likeness (QED) is 0.410. The van der Waals surface area contributed by atoms with Crippen molar-refractivity contribution in [2.45, 2.75) is 12.5 Å². The molecule has 1 aromatic carbocycles. The van der Waals surface area contributed by atoms with Crippen LogP contribution in [-0.4, -0.2) is 61.7 Å². The maximum atomic E-state index is 13.6. The third-order valence-electron chi connectivity index (χ3n) is 4.02. The second-order valence-electron chi connectivity index (χ2n) is 6.19. The summed E-state index contributed by atoms with van der Waals surface area (Å²) in [6.45, 7) is 0.0266. The molecule has 0 radical (unpaired) electrons. The zero-order valence-corrected chi connectivity index (χ0v) is 15.0. The van der Waals surface area contributed by atoms with Crippen molar-refractivity contribution in [3.8, 4) is 5.75 Å². The molecule has 0 saturated carbocycles. The van der Waals surface area contributed by atoms with E-state index in [0.29, 0.717) is 13.2 Å². The number of ether oxygens (including phenoxy) is 2. The number of carbonyl (C=O) groups excluding carboxylic acids is 2. The van der Waals surface area contributed by atoms with E-state index in [1.54, 1.807) is 0 Å². The van der Waals surface area contributed by atoms with E-state index in [0.717, 1.165) is 0 Å². The largest absolute Gasteiger partial charge is 0.481 e. The van der Waals surface area contributed by atoms with Crippen LogP contribution >= 0.6 is 0 Å². The van der Waals surface area contributed by atoms with E-state index >= 15 is 0 Å². The average Bonchev–Trinajstić information content (AvgIpc) is 2.95. The van der Waals surface area contributed by atoms with Crippen LogP contribution in [0.25, 0.3) is 0 Å². The number of benzene rings is 1. The molecule has 0 aliphatic carbocycles. The molecular weight excluding hydrogens is 404 g/mol. The lowest BCUT2D eigenvalue weighted by atomic mass is 10.1. The molecule has 1 aliphatic heterocycles. The lowest BCUT2D eigenvalue weighted by Gasteiger charge is -2.20. The number of carboxylic acid groups (broad SMARTS) is 1. The van der Waals surface area contributed by atoms with Crippen molar-refractivity contribution in [2.75, 3.05) is 32.9 Å². The summed E-state index contributed by atoms with van der Waals surface area (Å²) in [5.74, 6) is -12.5. The molecule has 29 heavy (non-hydrogen) atoms. The highest BCUT2D eigenvalue weighted by Gasteiger charge is 2.29. The number of carboxylic acids is 1. The Hall–Kier alpha value is -2.73. The first-order valence-corrected chi connectivity index (χ1v) is 8.49. The Kier molecular flexibility index (Phi) is 7.91. The van der Waals surface area contributed by atoms with Gasteiger partial charge in [-0.05, 0) is 0 Å². The van der Waals surface area contributed by atoms with E-state index in [2.05, 4.69) is 15.4 Å². The van der Waals surface area contributed by atoms with E-state index in [1.165, 1.54) is 0 Å². The molecule has 1 aromatic rings. The van der Waals surface area contributed by atoms with E-state index in [4.69, 9.17) is 9.84 Å². The van der Waals surface area contributed by atoms with Crippen LogP contribution in [0, 0.1) is 29.2 Å². The van der Waals surface area contributed by atoms with Gasteiger partial charge < -0.3 is 25.2 Å². The number of aliphatic carboxylic acids is 1. The van der Waals surface area contributed by atoms with Gasteiger partial charge in [0.1, 0.15) is 12.6 Å². The van der Waals surface area contributed by atoms with Crippen molar-refractivity contribution in [2.24, 2.45) is 5.92 Å². The Morgan fingerprint density at radius 2 is 1.90 bits per heavy atom. The van der Waals surface area contributed by atoms with Crippen LogP contribution in [0.4, 0.5) is 17.6 Å². The molecule has 0 unspecified atom stereocenters. The first-order chi connectivity index (χ1) is 13.7. The van der Waals surface area contributed by atoms with Gasteiger partial charge in [0.2, 0.25) is 17.5 Å². The summed E-state index contributed by atoms with van der Waals surface area (Å²) in [5, 5.41) is 14.1. The maximum absolute atomic E-state index is 13.6. The highest BCUT2D eigenvalue weighted by atomic mass is 19.2. The molecule has 0 bridgehead atoms. The number of hydrogen-bond donors (Lipinski definition) is 3. The van der Waals surface area contributed by atoms with Crippen molar-refractivity contribution in [3.63, 3.8) is 0 Å². The SMILES string of the molecule is O=C(O)C[C@H](NC(=O)[C@H]1CNCCOC1)C(=O)COc1c(F)c(F)cc(F)c1F. The van der Waals surface area contributed by atoms with E-state index < -0.39 is 71.7 Å². The Balaban J connectivity index is 2.07. The van der Waals surface area contributed by atoms with Crippen molar-refractivity contribution in [3.05, 3.63) is 29.3 Å². The number of amides is 1. The van der Waals surface area contributed by atoms with Crippen LogP contribution in [0.2, 0.25) is 0 Å². The lowest BCUT2D eigenvalue weighted by molar-refractivity contribution is -0.141. The van der Waals surface area contributed by atoms with Crippen LogP contribution in [0.1, 0.15) is 6.42 Å². The average molecular weight is 422 g/mol. The molecule has 1 saturated heterocycles. The summed E-state index contributed by atoms with van der Waals surface area (Å²) in [4.78, 5) is 35.5. The topological polar surface area (TPSA) is 114 Å². The van der Waals surface area contributed by atoms with Gasteiger partial charge in [-0.1, -0.05) is 0 Å². The first-order valence-electron chi connectivity index (χ1n) is 8.49. The molecule has 2 rings (SSSR count). The van der Waals surface area contributed by atoms with Gasteiger partial charge in [-0.2, -0.15) is 8.78 Å². The standard InChI is InChI=1S/C17H18F4N2O6/c18-9-3-10(19)15(21)16(14(9)20)29-7-12(24)11(4-13(25)26)23-17(27)8-5-22-1-2-28-6-8/h3,8,11,22H,1-2,4-7H2,(H,23,27)(H,25,26)/t8-,11-/m0/s1. The van der Waals surface area contributed by atoms with Gasteiger partial charge in [0.25, 0.3) is 0 Å². The Morgan fingerprint density at radius 1 is 1.24 bits per heavy atom. The number of Topliss-reactive ketones (excluding diaryl/α,β-unsaturated/α-hetero) is 1. The van der Waals surface area contributed by atoms with E-state index in [9.17, 15) is 31.9 Å². The van der Waals surface area contributed by atoms with Gasteiger partial charge in [-0.25, -0.2) is 8.78 Å². The molecule has 1 amide bonds. The number of hydrogen-bond acceptors (Lipinski definition) is 6. The lowest BCUT2D eigenvalue weighted by Crippen LogP contribution is -2.48. The molecule has 8 nitrogen and oxygen atoms in total. The summed E-state index contributed by atoms with van der Waals surface area (Å²) in [6.07, 6.45) is -0.836. The van der Waals surface area contributed by atoms with Crippen LogP contribution in [-0.2, 0) is 19.1 Å². The van der Waals surface area contributed by atoms with Crippen molar-refractivity contribution in [1.82, 2.24) is 10.6 Å². The second kappa shape index (κ2) is 10.2. The summed E-state index contributed by atoms with van der Waals surface area (Å²) < 4.78 is 63.3. The molecule has 12 heteroatoms. The molecular formula is C17H18F4N2O6. The monoisotopic (exact) mass is 422 g/mol. The maximum Gasteiger partial charge on any atom is 0.305 e. The minimum atomic E-state index is -1.85. The predicted molar refractivity (Wildman–Crippen MR) is 88.1 cm³/mol. The summed E-state index contributed by atoms with van der Waals surface area (Å²) in [5.41, 5.74) is 0. The number of rotatable bonds is 8. The van der Waals surface area contributed by atoms with Crippen LogP contribution < -0.4 is 15.4 Å². The second-order valence-corrected chi connectivity index (χ2v) is 6.19. The zero-order valence-electron chi connectivity index (χ0n) is 15.0. The molecule has 160 valence electrons. The van der Waals surface area contributed by atoms with Gasteiger partial charge in [-0.3, -0.25) is 14.4 Å². The third-order valence-corrected chi connectivity index (χ3v) is 4.02. The predicted octanol–water partition coefficient (Wildman–Crippen LogP) is 0.386. The fraction of sp³-hybridized carbons (Fsp3) is 0.471. The van der Waals surface area contributed by atoms with Crippen LogP contribution in [0.5, 0.6) is 5.75 Å². The van der Waals surface area contributed by atoms with E-state index in [1.807, 2.05) is 0 Å². The fourth-order valence-electron chi connectivity index (χ4n) is 2.50. The first kappa shape index (κ1) is 22.6. The zero-order chi connectivity index (χ0) is 21.6. The molecule has 3 N–H and O–H groups in total. The summed E-state index contributed by atoms with van der Waals surface area (Å²) in [7, 11) is 0. The number of carbonyl (C=O) groups is 3. The van der Waals surface area contributed by atoms with Crippen molar-refractivity contribution in [1.29, 1.82) is 0 Å². The highest BCUT2D eigenvalue weighted by Crippen LogP contribution is 2.26. The summed E-state index contributed by atoms with van der Waals surface area (Å²) in [6, 6.07) is -1.62. The normalized spacial score (nSPS) is 17.9. The van der Waals surface area contributed by atoms with Gasteiger partial charge in [-0.15, -0.1) is 0 Å². The number of halogens is 4. The molecule has 2 atom stereocenters. The molecule has 1 fully saturated rings. The third kappa shape index (κ3) is 6.12. The van der Waals surface area contributed by atoms with Crippen LogP contribution in [0.3, 0.4) is 0 Å². The molecule has 0 aromatic heterocycles. The smallest absolute Gasteiger partial charge is 0.305 e. The van der Waals surface area contributed by atoms with Gasteiger partial charge in [0.05, 0.1) is 25.6 Å². The molecule has 1 aliphatic rings. The minimum Gasteiger partial charge on any atom is -0.481 e. The van der Waals surface area contributed by atoms with Gasteiger partial charge in [0.15, 0.2) is 23.2 Å². The number of ketones is 1. The Labute approximate surface area is 162 Å². The van der Waals surface area contributed by atoms with Gasteiger partial charge >= 0.3 is 5.97 Å². The Morgan fingerprint density at radius 3 is 2.52 bits per heavy atom. The van der Waals surface area contributed by atoms with Gasteiger partial charge in [0, 0.05) is 19.2 Å². The Bertz CT molecular complexity index is 757. The van der Waals surface area contributed by atoms with Crippen molar-refractivity contribution < 1.29 is 46.5 Å². The van der Waals surface area contributed by atoms with Crippen LogP contribution in [0.15, 0.2) is 6.07 Å². The van der Waals surface area contributed by atoms with E-state index in [-0.39, 0.29) is 19.2 Å². The highest BCUT2D eigenvalue weighted by molar-refractivity contribution is 5.93. The summed E-state index contributed by atoms with van der Waals surface area (Å²) >= 11 is 0.